The highest BCUT2D eigenvalue weighted by molar-refractivity contribution is 5.80. The zero-order valence-electron chi connectivity index (χ0n) is 20.6. The van der Waals surface area contributed by atoms with Crippen LogP contribution in [0.15, 0.2) is 18.2 Å². The summed E-state index contributed by atoms with van der Waals surface area (Å²) < 4.78 is 6.30. The molecule has 1 aromatic carbocycles. The summed E-state index contributed by atoms with van der Waals surface area (Å²) in [6.45, 7) is 20.4. The molecular formula is C25H44N4O2. The van der Waals surface area contributed by atoms with Gasteiger partial charge < -0.3 is 15.0 Å². The summed E-state index contributed by atoms with van der Waals surface area (Å²) in [5.41, 5.74) is 2.20. The summed E-state index contributed by atoms with van der Waals surface area (Å²) in [5.74, 6) is 1.53. The smallest absolute Gasteiger partial charge is 0.224 e. The van der Waals surface area contributed by atoms with E-state index in [1.807, 2.05) is 6.07 Å². The van der Waals surface area contributed by atoms with Crippen LogP contribution < -0.4 is 10.1 Å². The number of carbonyl (C=O) groups is 1. The Morgan fingerprint density at radius 2 is 1.71 bits per heavy atom. The van der Waals surface area contributed by atoms with Gasteiger partial charge in [0.25, 0.3) is 0 Å². The van der Waals surface area contributed by atoms with Gasteiger partial charge in [0.05, 0.1) is 12.5 Å². The number of rotatable bonds is 13. The van der Waals surface area contributed by atoms with Gasteiger partial charge in [-0.05, 0) is 31.0 Å². The molecule has 0 atom stereocenters. The van der Waals surface area contributed by atoms with Crippen molar-refractivity contribution in [3.8, 4) is 5.75 Å². The summed E-state index contributed by atoms with van der Waals surface area (Å²) in [6.07, 6.45) is 1.32. The first-order valence-electron chi connectivity index (χ1n) is 12.2. The van der Waals surface area contributed by atoms with Gasteiger partial charge in [-0.3, -0.25) is 4.79 Å². The number of amides is 1. The Kier molecular flexibility index (Phi) is 10.8. The molecule has 176 valence electrons. The minimum atomic E-state index is 0.0781. The van der Waals surface area contributed by atoms with Crippen molar-refractivity contribution in [2.24, 2.45) is 5.92 Å². The first kappa shape index (κ1) is 25.6. The fraction of sp³-hybridized carbons (Fsp3) is 0.720. The van der Waals surface area contributed by atoms with Crippen LogP contribution in [-0.4, -0.2) is 79.3 Å². The van der Waals surface area contributed by atoms with Gasteiger partial charge in [-0.1, -0.05) is 59.7 Å². The van der Waals surface area contributed by atoms with Gasteiger partial charge in [-0.25, -0.2) is 10.0 Å². The predicted octanol–water partition coefficient (Wildman–Crippen LogP) is 3.21. The Morgan fingerprint density at radius 3 is 2.26 bits per heavy atom. The zero-order valence-corrected chi connectivity index (χ0v) is 20.6. The van der Waals surface area contributed by atoms with Crippen LogP contribution in [0.5, 0.6) is 5.75 Å². The number of hydrazine groups is 1. The molecular weight excluding hydrogens is 388 g/mol. The highest BCUT2D eigenvalue weighted by Gasteiger charge is 2.29. The monoisotopic (exact) mass is 432 g/mol. The second-order valence-electron chi connectivity index (χ2n) is 8.83. The van der Waals surface area contributed by atoms with E-state index in [4.69, 9.17) is 4.74 Å². The normalized spacial score (nSPS) is 15.9. The Morgan fingerprint density at radius 1 is 1.10 bits per heavy atom. The van der Waals surface area contributed by atoms with Gasteiger partial charge in [0.1, 0.15) is 12.4 Å². The molecule has 0 unspecified atom stereocenters. The quantitative estimate of drug-likeness (QED) is 0.519. The van der Waals surface area contributed by atoms with Crippen LogP contribution in [0.3, 0.4) is 0 Å². The topological polar surface area (TPSA) is 48.1 Å². The molecule has 0 spiro atoms. The standard InChI is InChI=1S/C25H44N4O2/c1-7-27(8-2)14-15-31-25-21(16-20(5)6)12-11-13-22(25)17-24(30)26-23-18-28(9-3)29(10-4)19-23/h11-13,20,23H,7-10,14-19H2,1-6H3,(H,26,30). The minimum Gasteiger partial charge on any atom is -0.492 e. The van der Waals surface area contributed by atoms with Gasteiger partial charge in [-0.2, -0.15) is 0 Å². The van der Waals surface area contributed by atoms with E-state index in [-0.39, 0.29) is 11.9 Å². The molecule has 6 heteroatoms. The maximum Gasteiger partial charge on any atom is 0.224 e. The first-order valence-corrected chi connectivity index (χ1v) is 12.2. The Labute approximate surface area is 189 Å². The number of nitrogens with one attached hydrogen (secondary N) is 1. The molecule has 1 heterocycles. The minimum absolute atomic E-state index is 0.0781. The lowest BCUT2D eigenvalue weighted by atomic mass is 9.98. The Hall–Kier alpha value is -1.63. The van der Waals surface area contributed by atoms with Crippen LogP contribution >= 0.6 is 0 Å². The van der Waals surface area contributed by atoms with E-state index in [0.717, 1.165) is 63.5 Å². The van der Waals surface area contributed by atoms with Crippen molar-refractivity contribution in [3.63, 3.8) is 0 Å². The number of hydrogen-bond donors (Lipinski definition) is 1. The first-order chi connectivity index (χ1) is 14.9. The lowest BCUT2D eigenvalue weighted by Gasteiger charge is -2.24. The second-order valence-corrected chi connectivity index (χ2v) is 8.83. The number of para-hydroxylation sites is 1. The van der Waals surface area contributed by atoms with Crippen molar-refractivity contribution in [2.45, 2.75) is 60.4 Å². The van der Waals surface area contributed by atoms with Crippen molar-refractivity contribution in [1.29, 1.82) is 0 Å². The zero-order chi connectivity index (χ0) is 22.8. The molecule has 1 N–H and O–H groups in total. The van der Waals surface area contributed by atoms with E-state index in [9.17, 15) is 4.79 Å². The van der Waals surface area contributed by atoms with Crippen LogP contribution in [0.4, 0.5) is 0 Å². The molecule has 1 saturated heterocycles. The van der Waals surface area contributed by atoms with E-state index in [1.165, 1.54) is 5.56 Å². The summed E-state index contributed by atoms with van der Waals surface area (Å²) in [5, 5.41) is 7.88. The third-order valence-corrected chi connectivity index (χ3v) is 6.06. The lowest BCUT2D eigenvalue weighted by molar-refractivity contribution is -0.121. The van der Waals surface area contributed by atoms with E-state index in [0.29, 0.717) is 18.9 Å². The molecule has 0 radical (unpaired) electrons. The molecule has 1 aromatic rings. The van der Waals surface area contributed by atoms with Crippen LogP contribution in [0.1, 0.15) is 52.7 Å². The van der Waals surface area contributed by atoms with E-state index >= 15 is 0 Å². The highest BCUT2D eigenvalue weighted by atomic mass is 16.5. The molecule has 31 heavy (non-hydrogen) atoms. The molecule has 1 aliphatic heterocycles. The van der Waals surface area contributed by atoms with Crippen LogP contribution in [0, 0.1) is 5.92 Å². The molecule has 0 bridgehead atoms. The molecule has 2 rings (SSSR count). The summed E-state index contributed by atoms with van der Waals surface area (Å²) in [7, 11) is 0. The maximum atomic E-state index is 12.9. The molecule has 1 aliphatic rings. The second kappa shape index (κ2) is 13.0. The third kappa shape index (κ3) is 7.78. The van der Waals surface area contributed by atoms with Crippen molar-refractivity contribution in [2.75, 3.05) is 52.4 Å². The predicted molar refractivity (Wildman–Crippen MR) is 128 cm³/mol. The Bertz CT molecular complexity index is 663. The van der Waals surface area contributed by atoms with Gasteiger partial charge in [0, 0.05) is 38.3 Å². The van der Waals surface area contributed by atoms with Crippen molar-refractivity contribution in [1.82, 2.24) is 20.2 Å². The molecule has 1 amide bonds. The van der Waals surface area contributed by atoms with E-state index in [1.54, 1.807) is 0 Å². The number of ether oxygens (including phenoxy) is 1. The fourth-order valence-corrected chi connectivity index (χ4v) is 4.38. The fourth-order valence-electron chi connectivity index (χ4n) is 4.38. The maximum absolute atomic E-state index is 12.9. The molecule has 0 aromatic heterocycles. The van der Waals surface area contributed by atoms with Gasteiger partial charge in [0.15, 0.2) is 0 Å². The van der Waals surface area contributed by atoms with Gasteiger partial charge in [-0.15, -0.1) is 0 Å². The lowest BCUT2D eigenvalue weighted by Crippen LogP contribution is -2.39. The number of nitrogens with zero attached hydrogens (tertiary/aromatic N) is 3. The van der Waals surface area contributed by atoms with Crippen LogP contribution in [-0.2, 0) is 17.6 Å². The summed E-state index contributed by atoms with van der Waals surface area (Å²) in [4.78, 5) is 15.3. The Balaban J connectivity index is 2.07. The molecule has 6 nitrogen and oxygen atoms in total. The number of likely N-dealkylation sites (N-methyl/N-ethyl adjacent to an activating group) is 3. The summed E-state index contributed by atoms with van der Waals surface area (Å²) >= 11 is 0. The van der Waals surface area contributed by atoms with Crippen molar-refractivity contribution < 1.29 is 9.53 Å². The van der Waals surface area contributed by atoms with E-state index in [2.05, 4.69) is 73.9 Å². The molecule has 0 aliphatic carbocycles. The SMILES string of the molecule is CCN(CC)CCOc1c(CC(=O)NC2CN(CC)N(CC)C2)cccc1CC(C)C. The van der Waals surface area contributed by atoms with Crippen molar-refractivity contribution in [3.05, 3.63) is 29.3 Å². The largest absolute Gasteiger partial charge is 0.492 e. The van der Waals surface area contributed by atoms with Gasteiger partial charge >= 0.3 is 0 Å². The average molecular weight is 433 g/mol. The number of carbonyl (C=O) groups excluding carboxylic acids is 1. The number of hydrogen-bond acceptors (Lipinski definition) is 5. The number of benzene rings is 1. The van der Waals surface area contributed by atoms with Crippen LogP contribution in [0.25, 0.3) is 0 Å². The molecule has 1 fully saturated rings. The van der Waals surface area contributed by atoms with E-state index < -0.39 is 0 Å². The molecule has 0 saturated carbocycles. The van der Waals surface area contributed by atoms with Crippen LogP contribution in [0.2, 0.25) is 0 Å². The van der Waals surface area contributed by atoms with Crippen molar-refractivity contribution >= 4 is 5.91 Å². The highest BCUT2D eigenvalue weighted by Crippen LogP contribution is 2.27. The van der Waals surface area contributed by atoms with Gasteiger partial charge in [0.2, 0.25) is 5.91 Å². The summed E-state index contributed by atoms with van der Waals surface area (Å²) in [6, 6.07) is 6.42. The average Bonchev–Trinajstić information content (AvgIpc) is 3.14. The third-order valence-electron chi connectivity index (χ3n) is 6.06.